The van der Waals surface area contributed by atoms with Crippen molar-refractivity contribution in [2.24, 2.45) is 0 Å². The molecule has 0 saturated heterocycles. The van der Waals surface area contributed by atoms with Crippen LogP contribution in [0.25, 0.3) is 117 Å². The Hall–Kier alpha value is -8.61. The molecule has 6 nitrogen and oxygen atoms in total. The molecule has 9 aromatic carbocycles. The number of rotatable bonds is 6. The van der Waals surface area contributed by atoms with E-state index in [1.165, 1.54) is 16.5 Å². The summed E-state index contributed by atoms with van der Waals surface area (Å²) in [6, 6.07) is 77.3. The SMILES string of the molecule is c1ccc(-c2ccc(-c3nc(-n4c5ccccc5c5ccccc54)nc(-n4c5ccccc5c5ccc6c7ccccc7n(-c7ccc(-c8ccccc8)cc7)c6c54)n3)cc2)cc1. The van der Waals surface area contributed by atoms with Gasteiger partial charge < -0.3 is 4.57 Å². The highest BCUT2D eigenvalue weighted by Crippen LogP contribution is 2.42. The summed E-state index contributed by atoms with van der Waals surface area (Å²) in [5, 5.41) is 6.87. The summed E-state index contributed by atoms with van der Waals surface area (Å²) in [6.45, 7) is 0. The van der Waals surface area contributed by atoms with E-state index in [4.69, 9.17) is 15.0 Å². The zero-order chi connectivity index (χ0) is 41.4. The molecule has 0 aliphatic heterocycles. The molecular formula is C57H36N6. The molecule has 4 aromatic heterocycles. The molecule has 0 aliphatic carbocycles. The number of para-hydroxylation sites is 4. The van der Waals surface area contributed by atoms with E-state index in [0.717, 1.165) is 82.4 Å². The van der Waals surface area contributed by atoms with Crippen LogP contribution in [0.1, 0.15) is 0 Å². The third-order valence-electron chi connectivity index (χ3n) is 12.5. The van der Waals surface area contributed by atoms with Crippen molar-refractivity contribution in [2.75, 3.05) is 0 Å². The van der Waals surface area contributed by atoms with Crippen LogP contribution in [-0.4, -0.2) is 28.7 Å². The average molecular weight is 805 g/mol. The molecule has 0 saturated carbocycles. The van der Waals surface area contributed by atoms with Crippen LogP contribution in [0.5, 0.6) is 0 Å². The molecule has 0 spiro atoms. The first-order valence-electron chi connectivity index (χ1n) is 21.3. The second kappa shape index (κ2) is 14.0. The average Bonchev–Trinajstić information content (AvgIpc) is 4.01. The van der Waals surface area contributed by atoms with Crippen molar-refractivity contribution in [3.8, 4) is 51.2 Å². The van der Waals surface area contributed by atoms with Gasteiger partial charge in [0.15, 0.2) is 5.82 Å². The van der Waals surface area contributed by atoms with Gasteiger partial charge >= 0.3 is 0 Å². The van der Waals surface area contributed by atoms with Gasteiger partial charge in [-0.15, -0.1) is 0 Å². The number of hydrogen-bond donors (Lipinski definition) is 0. The van der Waals surface area contributed by atoms with Gasteiger partial charge in [-0.25, -0.2) is 0 Å². The van der Waals surface area contributed by atoms with E-state index in [0.29, 0.717) is 17.7 Å². The van der Waals surface area contributed by atoms with Crippen molar-refractivity contribution in [3.05, 3.63) is 218 Å². The van der Waals surface area contributed by atoms with Gasteiger partial charge in [-0.3, -0.25) is 9.13 Å². The Balaban J connectivity index is 1.13. The second-order valence-corrected chi connectivity index (χ2v) is 16.0. The Labute approximate surface area is 362 Å². The first-order chi connectivity index (χ1) is 31.3. The number of fused-ring (bicyclic) bond motifs is 10. The third kappa shape index (κ3) is 5.48. The zero-order valence-electron chi connectivity index (χ0n) is 34.0. The molecule has 0 N–H and O–H groups in total. The summed E-state index contributed by atoms with van der Waals surface area (Å²) in [5.41, 5.74) is 13.0. The minimum atomic E-state index is 0.541. The molecule has 4 heterocycles. The van der Waals surface area contributed by atoms with Gasteiger partial charge in [-0.1, -0.05) is 182 Å². The lowest BCUT2D eigenvalue weighted by Crippen LogP contribution is -2.10. The molecule has 0 atom stereocenters. The first kappa shape index (κ1) is 35.2. The van der Waals surface area contributed by atoms with Gasteiger partial charge in [-0.05, 0) is 58.7 Å². The molecule has 13 aromatic rings. The molecule has 63 heavy (non-hydrogen) atoms. The van der Waals surface area contributed by atoms with Gasteiger partial charge in [0, 0.05) is 43.6 Å². The van der Waals surface area contributed by atoms with E-state index in [9.17, 15) is 0 Å². The van der Waals surface area contributed by atoms with Crippen LogP contribution in [0.2, 0.25) is 0 Å². The Morgan fingerprint density at radius 2 is 0.587 bits per heavy atom. The van der Waals surface area contributed by atoms with Gasteiger partial charge in [0.2, 0.25) is 11.9 Å². The van der Waals surface area contributed by atoms with E-state index >= 15 is 0 Å². The molecule has 0 unspecified atom stereocenters. The van der Waals surface area contributed by atoms with E-state index in [1.807, 2.05) is 6.07 Å². The Morgan fingerprint density at radius 3 is 1.10 bits per heavy atom. The quantitative estimate of drug-likeness (QED) is 0.168. The van der Waals surface area contributed by atoms with Crippen molar-refractivity contribution >= 4 is 65.4 Å². The summed E-state index contributed by atoms with van der Waals surface area (Å²) >= 11 is 0. The molecule has 0 aliphatic rings. The molecule has 0 fully saturated rings. The normalized spacial score (nSPS) is 11.8. The number of hydrogen-bond acceptors (Lipinski definition) is 3. The van der Waals surface area contributed by atoms with Crippen LogP contribution in [-0.2, 0) is 0 Å². The Morgan fingerprint density at radius 1 is 0.238 bits per heavy atom. The summed E-state index contributed by atoms with van der Waals surface area (Å²) in [6.07, 6.45) is 0. The topological polar surface area (TPSA) is 53.5 Å². The fraction of sp³-hybridized carbons (Fsp3) is 0. The molecule has 13 rings (SSSR count). The maximum atomic E-state index is 5.51. The van der Waals surface area contributed by atoms with Gasteiger partial charge in [0.1, 0.15) is 0 Å². The largest absolute Gasteiger partial charge is 0.307 e. The highest BCUT2D eigenvalue weighted by atomic mass is 15.3. The van der Waals surface area contributed by atoms with Crippen LogP contribution in [0.4, 0.5) is 0 Å². The zero-order valence-corrected chi connectivity index (χ0v) is 34.0. The molecule has 294 valence electrons. The minimum absolute atomic E-state index is 0.541. The summed E-state index contributed by atoms with van der Waals surface area (Å²) in [7, 11) is 0. The Bertz CT molecular complexity index is 3830. The monoisotopic (exact) mass is 804 g/mol. The van der Waals surface area contributed by atoms with Crippen LogP contribution in [0, 0.1) is 0 Å². The Kier molecular flexibility index (Phi) is 7.80. The maximum Gasteiger partial charge on any atom is 0.240 e. The molecule has 0 bridgehead atoms. The van der Waals surface area contributed by atoms with Gasteiger partial charge in [0.05, 0.1) is 33.1 Å². The van der Waals surface area contributed by atoms with Crippen molar-refractivity contribution in [3.63, 3.8) is 0 Å². The number of aromatic nitrogens is 6. The molecule has 0 radical (unpaired) electrons. The standard InChI is InChI=1S/C57H36N6/c1-3-15-37(16-4-1)39-27-29-41(30-28-39)55-58-56(62-50-24-12-7-19-43(50)44-20-8-13-25-51(44)62)60-57(59-55)63-52-26-14-10-22-46(52)48-36-35-47-45-21-9-11-23-49(45)61(53(47)54(48)63)42-33-31-40(32-34-42)38-17-5-2-6-18-38/h1-36H. The highest BCUT2D eigenvalue weighted by molar-refractivity contribution is 6.23. The maximum absolute atomic E-state index is 5.51. The lowest BCUT2D eigenvalue weighted by Gasteiger charge is -2.14. The summed E-state index contributed by atoms with van der Waals surface area (Å²) < 4.78 is 6.86. The van der Waals surface area contributed by atoms with Crippen molar-refractivity contribution in [1.82, 2.24) is 28.7 Å². The number of benzene rings is 9. The smallest absolute Gasteiger partial charge is 0.240 e. The third-order valence-corrected chi connectivity index (χ3v) is 12.5. The van der Waals surface area contributed by atoms with Gasteiger partial charge in [-0.2, -0.15) is 15.0 Å². The highest BCUT2D eigenvalue weighted by Gasteiger charge is 2.24. The predicted molar refractivity (Wildman–Crippen MR) is 259 cm³/mol. The van der Waals surface area contributed by atoms with Crippen LogP contribution in [0.15, 0.2) is 218 Å². The van der Waals surface area contributed by atoms with Crippen LogP contribution >= 0.6 is 0 Å². The second-order valence-electron chi connectivity index (χ2n) is 16.0. The molecule has 6 heteroatoms. The molecule has 0 amide bonds. The summed E-state index contributed by atoms with van der Waals surface area (Å²) in [5.74, 6) is 1.68. The van der Waals surface area contributed by atoms with Crippen molar-refractivity contribution < 1.29 is 0 Å². The van der Waals surface area contributed by atoms with E-state index in [-0.39, 0.29) is 0 Å². The fourth-order valence-corrected chi connectivity index (χ4v) is 9.67. The van der Waals surface area contributed by atoms with Crippen LogP contribution < -0.4 is 0 Å². The van der Waals surface area contributed by atoms with E-state index < -0.39 is 0 Å². The van der Waals surface area contributed by atoms with Crippen molar-refractivity contribution in [2.45, 2.75) is 0 Å². The predicted octanol–water partition coefficient (Wildman–Crippen LogP) is 14.2. The van der Waals surface area contributed by atoms with Crippen LogP contribution in [0.3, 0.4) is 0 Å². The van der Waals surface area contributed by atoms with Gasteiger partial charge in [0.25, 0.3) is 0 Å². The van der Waals surface area contributed by atoms with Crippen molar-refractivity contribution in [1.29, 1.82) is 0 Å². The first-order valence-corrected chi connectivity index (χ1v) is 21.3. The minimum Gasteiger partial charge on any atom is -0.307 e. The fourth-order valence-electron chi connectivity index (χ4n) is 9.67. The van der Waals surface area contributed by atoms with E-state index in [2.05, 4.69) is 226 Å². The summed E-state index contributed by atoms with van der Waals surface area (Å²) in [4.78, 5) is 16.3. The number of nitrogens with zero attached hydrogens (tertiary/aromatic N) is 6. The lowest BCUT2D eigenvalue weighted by atomic mass is 10.0. The van der Waals surface area contributed by atoms with E-state index in [1.54, 1.807) is 0 Å². The molecular weight excluding hydrogens is 769 g/mol. The lowest BCUT2D eigenvalue weighted by molar-refractivity contribution is 0.893.